The van der Waals surface area contributed by atoms with Crippen LogP contribution < -0.4 is 0 Å². The van der Waals surface area contributed by atoms with E-state index in [-0.39, 0.29) is 0 Å². The highest BCUT2D eigenvalue weighted by Crippen LogP contribution is 2.49. The standard InChI is InChI=1S/C14H12/c1-2-10-4-3-9(1)13(10)14-11-5-6-12(14)8-7-11/h1-12H. The SMILES string of the molecule is C1=CC2C=CC1C2=C1C2C=CC1C=C2. The maximum absolute atomic E-state index is 2.35. The van der Waals surface area contributed by atoms with Crippen molar-refractivity contribution >= 4 is 0 Å². The summed E-state index contributed by atoms with van der Waals surface area (Å²) in [6.45, 7) is 0. The quantitative estimate of drug-likeness (QED) is 0.503. The number of hydrogen-bond donors (Lipinski definition) is 0. The van der Waals surface area contributed by atoms with Crippen LogP contribution in [0.2, 0.25) is 0 Å². The molecule has 0 nitrogen and oxygen atoms in total. The molecular weight excluding hydrogens is 168 g/mol. The monoisotopic (exact) mass is 180 g/mol. The second-order valence-corrected chi connectivity index (χ2v) is 4.55. The molecule has 0 aromatic rings. The molecule has 0 radical (unpaired) electrons. The van der Waals surface area contributed by atoms with Crippen molar-refractivity contribution in [3.8, 4) is 0 Å². The van der Waals surface area contributed by atoms with Crippen molar-refractivity contribution < 1.29 is 0 Å². The van der Waals surface area contributed by atoms with Gasteiger partial charge in [-0.15, -0.1) is 0 Å². The zero-order valence-electron chi connectivity index (χ0n) is 7.93. The summed E-state index contributed by atoms with van der Waals surface area (Å²) >= 11 is 0. The normalized spacial score (nSPS) is 45.1. The lowest BCUT2D eigenvalue weighted by Crippen LogP contribution is -2.04. The van der Waals surface area contributed by atoms with E-state index in [0.29, 0.717) is 23.7 Å². The lowest BCUT2D eigenvalue weighted by molar-refractivity contribution is 0.832. The number of allylic oxidation sites excluding steroid dienone is 10. The first-order chi connectivity index (χ1) is 6.93. The van der Waals surface area contributed by atoms with Crippen LogP contribution in [0.5, 0.6) is 0 Å². The Morgan fingerprint density at radius 2 is 0.643 bits per heavy atom. The molecule has 0 saturated heterocycles. The minimum absolute atomic E-state index is 0.625. The molecule has 4 rings (SSSR count). The predicted octanol–water partition coefficient (Wildman–Crippen LogP) is 3.03. The van der Waals surface area contributed by atoms with Gasteiger partial charge in [-0.1, -0.05) is 48.6 Å². The first kappa shape index (κ1) is 7.05. The van der Waals surface area contributed by atoms with Crippen molar-refractivity contribution in [1.82, 2.24) is 0 Å². The maximum Gasteiger partial charge on any atom is 0.0170 e. The Kier molecular flexibility index (Phi) is 1.11. The van der Waals surface area contributed by atoms with Gasteiger partial charge >= 0.3 is 0 Å². The Morgan fingerprint density at radius 1 is 0.429 bits per heavy atom. The van der Waals surface area contributed by atoms with Crippen LogP contribution in [0.25, 0.3) is 0 Å². The largest absolute Gasteiger partial charge is 0.0766 e. The Bertz CT molecular complexity index is 337. The minimum Gasteiger partial charge on any atom is -0.0766 e. The van der Waals surface area contributed by atoms with Crippen LogP contribution in [-0.4, -0.2) is 0 Å². The third-order valence-electron chi connectivity index (χ3n) is 3.87. The van der Waals surface area contributed by atoms with Gasteiger partial charge in [-0.2, -0.15) is 0 Å². The zero-order chi connectivity index (χ0) is 9.12. The van der Waals surface area contributed by atoms with Crippen LogP contribution in [0.4, 0.5) is 0 Å². The van der Waals surface area contributed by atoms with E-state index in [0.717, 1.165) is 0 Å². The van der Waals surface area contributed by atoms with Crippen LogP contribution in [0, 0.1) is 23.7 Å². The number of hydrogen-bond acceptors (Lipinski definition) is 0. The zero-order valence-corrected chi connectivity index (χ0v) is 7.93. The van der Waals surface area contributed by atoms with E-state index in [2.05, 4.69) is 48.6 Å². The summed E-state index contributed by atoms with van der Waals surface area (Å²) in [5.41, 5.74) is 3.35. The Labute approximate surface area is 84.0 Å². The molecule has 4 aliphatic carbocycles. The second-order valence-electron chi connectivity index (χ2n) is 4.55. The van der Waals surface area contributed by atoms with Crippen molar-refractivity contribution in [2.24, 2.45) is 23.7 Å². The fourth-order valence-electron chi connectivity index (χ4n) is 3.26. The van der Waals surface area contributed by atoms with Gasteiger partial charge in [-0.3, -0.25) is 0 Å². The molecule has 0 heteroatoms. The van der Waals surface area contributed by atoms with Crippen LogP contribution in [0.3, 0.4) is 0 Å². The average molecular weight is 180 g/mol. The fraction of sp³-hybridized carbons (Fsp3) is 0.286. The van der Waals surface area contributed by atoms with E-state index in [9.17, 15) is 0 Å². The van der Waals surface area contributed by atoms with E-state index in [4.69, 9.17) is 0 Å². The first-order valence-corrected chi connectivity index (χ1v) is 5.40. The Hall–Kier alpha value is -1.30. The lowest BCUT2D eigenvalue weighted by Gasteiger charge is -2.14. The average Bonchev–Trinajstić information content (AvgIpc) is 2.92. The summed E-state index contributed by atoms with van der Waals surface area (Å²) in [4.78, 5) is 0. The molecule has 0 fully saturated rings. The highest BCUT2D eigenvalue weighted by atomic mass is 14.4. The van der Waals surface area contributed by atoms with E-state index >= 15 is 0 Å². The molecule has 0 aliphatic heterocycles. The van der Waals surface area contributed by atoms with Gasteiger partial charge in [0.1, 0.15) is 0 Å². The summed E-state index contributed by atoms with van der Waals surface area (Å²) in [6.07, 6.45) is 18.8. The summed E-state index contributed by atoms with van der Waals surface area (Å²) < 4.78 is 0. The lowest BCUT2D eigenvalue weighted by atomic mass is 9.89. The molecule has 4 bridgehead atoms. The topological polar surface area (TPSA) is 0 Å². The van der Waals surface area contributed by atoms with Gasteiger partial charge < -0.3 is 0 Å². The number of rotatable bonds is 0. The van der Waals surface area contributed by atoms with Gasteiger partial charge in [0.2, 0.25) is 0 Å². The number of fused-ring (bicyclic) bond motifs is 4. The molecule has 4 aliphatic rings. The van der Waals surface area contributed by atoms with E-state index in [1.54, 1.807) is 11.1 Å². The maximum atomic E-state index is 2.35. The van der Waals surface area contributed by atoms with Crippen LogP contribution in [0.1, 0.15) is 0 Å². The molecule has 0 amide bonds. The van der Waals surface area contributed by atoms with Gasteiger partial charge in [-0.25, -0.2) is 0 Å². The first-order valence-electron chi connectivity index (χ1n) is 5.40. The smallest absolute Gasteiger partial charge is 0.0170 e. The third kappa shape index (κ3) is 0.672. The van der Waals surface area contributed by atoms with Crippen molar-refractivity contribution in [3.05, 3.63) is 59.8 Å². The van der Waals surface area contributed by atoms with Crippen molar-refractivity contribution in [1.29, 1.82) is 0 Å². The molecule has 0 saturated carbocycles. The molecule has 0 spiro atoms. The highest BCUT2D eigenvalue weighted by Gasteiger charge is 2.36. The van der Waals surface area contributed by atoms with Gasteiger partial charge in [0.25, 0.3) is 0 Å². The molecule has 0 unspecified atom stereocenters. The summed E-state index contributed by atoms with van der Waals surface area (Å²) in [5, 5.41) is 0. The molecule has 0 heterocycles. The molecule has 0 aromatic carbocycles. The minimum atomic E-state index is 0.625. The molecule has 14 heavy (non-hydrogen) atoms. The molecule has 0 N–H and O–H groups in total. The van der Waals surface area contributed by atoms with Gasteiger partial charge in [-0.05, 0) is 11.1 Å². The Morgan fingerprint density at radius 3 is 0.857 bits per heavy atom. The van der Waals surface area contributed by atoms with E-state index in [1.165, 1.54) is 0 Å². The van der Waals surface area contributed by atoms with Crippen molar-refractivity contribution in [2.45, 2.75) is 0 Å². The molecule has 0 atom stereocenters. The van der Waals surface area contributed by atoms with Crippen LogP contribution >= 0.6 is 0 Å². The van der Waals surface area contributed by atoms with Gasteiger partial charge in [0, 0.05) is 23.7 Å². The second kappa shape index (κ2) is 2.20. The van der Waals surface area contributed by atoms with Crippen LogP contribution in [-0.2, 0) is 0 Å². The Balaban J connectivity index is 1.88. The summed E-state index contributed by atoms with van der Waals surface area (Å²) in [7, 11) is 0. The van der Waals surface area contributed by atoms with Crippen molar-refractivity contribution in [2.75, 3.05) is 0 Å². The van der Waals surface area contributed by atoms with E-state index < -0.39 is 0 Å². The predicted molar refractivity (Wildman–Crippen MR) is 57.5 cm³/mol. The van der Waals surface area contributed by atoms with Gasteiger partial charge in [0.05, 0.1) is 0 Å². The van der Waals surface area contributed by atoms with Crippen molar-refractivity contribution in [3.63, 3.8) is 0 Å². The summed E-state index contributed by atoms with van der Waals surface area (Å²) in [5.74, 6) is 2.50. The van der Waals surface area contributed by atoms with Gasteiger partial charge in [0.15, 0.2) is 0 Å². The summed E-state index contributed by atoms with van der Waals surface area (Å²) in [6, 6.07) is 0. The molecule has 0 aromatic heterocycles. The van der Waals surface area contributed by atoms with Crippen LogP contribution in [0.15, 0.2) is 59.8 Å². The third-order valence-corrected chi connectivity index (χ3v) is 3.87. The fourth-order valence-corrected chi connectivity index (χ4v) is 3.26. The van der Waals surface area contributed by atoms with E-state index in [1.807, 2.05) is 0 Å². The molecule has 68 valence electrons. The molecular formula is C14H12. The highest BCUT2D eigenvalue weighted by molar-refractivity contribution is 5.53.